The van der Waals surface area contributed by atoms with Crippen molar-refractivity contribution in [2.24, 2.45) is 0 Å². The molecule has 1 unspecified atom stereocenters. The van der Waals surface area contributed by atoms with E-state index in [0.717, 1.165) is 19.4 Å². The van der Waals surface area contributed by atoms with Gasteiger partial charge in [-0.15, -0.1) is 0 Å². The van der Waals surface area contributed by atoms with Gasteiger partial charge >= 0.3 is 6.18 Å². The van der Waals surface area contributed by atoms with Crippen LogP contribution in [-0.4, -0.2) is 42.7 Å². The lowest BCUT2D eigenvalue weighted by atomic mass is 10.1. The summed E-state index contributed by atoms with van der Waals surface area (Å²) < 4.78 is 36.1. The van der Waals surface area contributed by atoms with Crippen molar-refractivity contribution >= 4 is 5.91 Å². The minimum Gasteiger partial charge on any atom is -0.341 e. The topological polar surface area (TPSA) is 32.3 Å². The van der Waals surface area contributed by atoms with Crippen LogP contribution in [0.3, 0.4) is 0 Å². The second kappa shape index (κ2) is 5.52. The monoisotopic (exact) mass is 238 g/mol. The Bertz CT molecular complexity index is 241. The average molecular weight is 238 g/mol. The first-order chi connectivity index (χ1) is 7.42. The summed E-state index contributed by atoms with van der Waals surface area (Å²) in [6, 6.07) is 0.135. The van der Waals surface area contributed by atoms with Crippen molar-refractivity contribution in [3.8, 4) is 0 Å². The maximum absolute atomic E-state index is 12.0. The van der Waals surface area contributed by atoms with Crippen molar-refractivity contribution in [3.63, 3.8) is 0 Å². The average Bonchev–Trinajstić information content (AvgIpc) is 2.16. The molecule has 1 N–H and O–H groups in total. The van der Waals surface area contributed by atoms with Crippen LogP contribution in [0.5, 0.6) is 0 Å². The van der Waals surface area contributed by atoms with Crippen LogP contribution in [0, 0.1) is 0 Å². The number of piperidine rings is 1. The van der Waals surface area contributed by atoms with E-state index in [1.165, 1.54) is 4.90 Å². The van der Waals surface area contributed by atoms with Crippen molar-refractivity contribution in [2.75, 3.05) is 19.6 Å². The second-order valence-corrected chi connectivity index (χ2v) is 4.03. The Balaban J connectivity index is 2.44. The van der Waals surface area contributed by atoms with Gasteiger partial charge in [0.1, 0.15) is 6.42 Å². The Kier molecular flexibility index (Phi) is 4.58. The van der Waals surface area contributed by atoms with E-state index in [1.54, 1.807) is 0 Å². The third-order valence-electron chi connectivity index (χ3n) is 2.62. The van der Waals surface area contributed by atoms with Crippen LogP contribution in [0.4, 0.5) is 13.2 Å². The van der Waals surface area contributed by atoms with Crippen molar-refractivity contribution < 1.29 is 18.0 Å². The smallest absolute Gasteiger partial charge is 0.341 e. The first-order valence-electron chi connectivity index (χ1n) is 5.50. The van der Waals surface area contributed by atoms with Crippen molar-refractivity contribution in [3.05, 3.63) is 0 Å². The molecule has 0 aromatic heterocycles. The highest BCUT2D eigenvalue weighted by Gasteiger charge is 2.34. The molecule has 0 aromatic rings. The normalized spacial score (nSPS) is 22.2. The maximum atomic E-state index is 12.0. The molecule has 3 nitrogen and oxygen atoms in total. The summed E-state index contributed by atoms with van der Waals surface area (Å²) in [7, 11) is 0. The van der Waals surface area contributed by atoms with Crippen LogP contribution in [0.15, 0.2) is 0 Å². The summed E-state index contributed by atoms with van der Waals surface area (Å²) in [5.74, 6) is -0.810. The summed E-state index contributed by atoms with van der Waals surface area (Å²) in [5.41, 5.74) is 0. The summed E-state index contributed by atoms with van der Waals surface area (Å²) in [6.07, 6.45) is -4.06. The number of rotatable bonds is 3. The number of hydrogen-bond donors (Lipinski definition) is 1. The van der Waals surface area contributed by atoms with Crippen LogP contribution in [0.2, 0.25) is 0 Å². The Morgan fingerprint density at radius 3 is 2.75 bits per heavy atom. The predicted octanol–water partition coefficient (Wildman–Crippen LogP) is 1.54. The molecule has 1 aliphatic heterocycles. The van der Waals surface area contributed by atoms with Gasteiger partial charge in [0, 0.05) is 19.1 Å². The SMILES string of the molecule is CCNC1CCCN(C(=O)CC(F)(F)F)C1. The number of likely N-dealkylation sites (N-methyl/N-ethyl adjacent to an activating group) is 1. The number of likely N-dealkylation sites (tertiary alicyclic amines) is 1. The molecule has 0 spiro atoms. The number of halogens is 3. The summed E-state index contributed by atoms with van der Waals surface area (Å²) in [5, 5.41) is 3.16. The zero-order valence-corrected chi connectivity index (χ0v) is 9.31. The number of alkyl halides is 3. The number of carbonyl (C=O) groups is 1. The molecule has 1 rings (SSSR count). The van der Waals surface area contributed by atoms with E-state index in [-0.39, 0.29) is 6.04 Å². The molecule has 0 saturated carbocycles. The number of carbonyl (C=O) groups excluding carboxylic acids is 1. The van der Waals surface area contributed by atoms with Gasteiger partial charge in [0.2, 0.25) is 5.91 Å². The molecule has 94 valence electrons. The van der Waals surface area contributed by atoms with Crippen LogP contribution in [0.25, 0.3) is 0 Å². The van der Waals surface area contributed by atoms with Crippen LogP contribution < -0.4 is 5.32 Å². The third-order valence-corrected chi connectivity index (χ3v) is 2.62. The van der Waals surface area contributed by atoms with Crippen molar-refractivity contribution in [1.29, 1.82) is 0 Å². The van der Waals surface area contributed by atoms with E-state index < -0.39 is 18.5 Å². The van der Waals surface area contributed by atoms with Gasteiger partial charge in [0.05, 0.1) is 0 Å². The summed E-state index contributed by atoms with van der Waals surface area (Å²) in [6.45, 7) is 3.54. The highest BCUT2D eigenvalue weighted by Crippen LogP contribution is 2.22. The van der Waals surface area contributed by atoms with Crippen LogP contribution in [-0.2, 0) is 4.79 Å². The lowest BCUT2D eigenvalue weighted by Crippen LogP contribution is -2.48. The van der Waals surface area contributed by atoms with Gasteiger partial charge in [0.25, 0.3) is 0 Å². The van der Waals surface area contributed by atoms with Crippen LogP contribution >= 0.6 is 0 Å². The van der Waals surface area contributed by atoms with Gasteiger partial charge in [-0.25, -0.2) is 0 Å². The Morgan fingerprint density at radius 2 is 2.19 bits per heavy atom. The van der Waals surface area contributed by atoms with E-state index in [2.05, 4.69) is 5.32 Å². The molecule has 1 atom stereocenters. The molecule has 1 heterocycles. The van der Waals surface area contributed by atoms with E-state index in [4.69, 9.17) is 0 Å². The molecule has 6 heteroatoms. The van der Waals surface area contributed by atoms with E-state index in [1.807, 2.05) is 6.92 Å². The Hall–Kier alpha value is -0.780. The first kappa shape index (κ1) is 13.3. The quantitative estimate of drug-likeness (QED) is 0.809. The molecular weight excluding hydrogens is 221 g/mol. The Morgan fingerprint density at radius 1 is 1.50 bits per heavy atom. The van der Waals surface area contributed by atoms with Gasteiger partial charge in [-0.2, -0.15) is 13.2 Å². The minimum atomic E-state index is -4.40. The summed E-state index contributed by atoms with van der Waals surface area (Å²) >= 11 is 0. The van der Waals surface area contributed by atoms with E-state index in [9.17, 15) is 18.0 Å². The highest BCUT2D eigenvalue weighted by atomic mass is 19.4. The molecular formula is C10H17F3N2O. The molecule has 0 aliphatic carbocycles. The first-order valence-corrected chi connectivity index (χ1v) is 5.50. The standard InChI is InChI=1S/C10H17F3N2O/c1-2-14-8-4-3-5-15(7-8)9(16)6-10(11,12)13/h8,14H,2-7H2,1H3. The predicted molar refractivity (Wildman–Crippen MR) is 54.0 cm³/mol. The second-order valence-electron chi connectivity index (χ2n) is 4.03. The van der Waals surface area contributed by atoms with Crippen molar-refractivity contribution in [2.45, 2.75) is 38.4 Å². The zero-order valence-electron chi connectivity index (χ0n) is 9.31. The highest BCUT2D eigenvalue weighted by molar-refractivity contribution is 5.77. The molecule has 1 saturated heterocycles. The van der Waals surface area contributed by atoms with Crippen molar-refractivity contribution in [1.82, 2.24) is 10.2 Å². The molecule has 16 heavy (non-hydrogen) atoms. The number of hydrogen-bond acceptors (Lipinski definition) is 2. The van der Waals surface area contributed by atoms with Gasteiger partial charge in [-0.3, -0.25) is 4.79 Å². The molecule has 0 radical (unpaired) electrons. The lowest BCUT2D eigenvalue weighted by Gasteiger charge is -2.33. The fourth-order valence-electron chi connectivity index (χ4n) is 1.94. The lowest BCUT2D eigenvalue weighted by molar-refractivity contribution is -0.162. The van der Waals surface area contributed by atoms with Gasteiger partial charge in [0.15, 0.2) is 0 Å². The van der Waals surface area contributed by atoms with Gasteiger partial charge in [-0.05, 0) is 19.4 Å². The molecule has 0 aromatic carbocycles. The van der Waals surface area contributed by atoms with E-state index in [0.29, 0.717) is 13.1 Å². The number of nitrogens with one attached hydrogen (secondary N) is 1. The van der Waals surface area contributed by atoms with Crippen LogP contribution in [0.1, 0.15) is 26.2 Å². The zero-order chi connectivity index (χ0) is 12.2. The fourth-order valence-corrected chi connectivity index (χ4v) is 1.94. The van der Waals surface area contributed by atoms with Gasteiger partial charge in [-0.1, -0.05) is 6.92 Å². The van der Waals surface area contributed by atoms with Gasteiger partial charge < -0.3 is 10.2 Å². The molecule has 1 amide bonds. The van der Waals surface area contributed by atoms with E-state index >= 15 is 0 Å². The largest absolute Gasteiger partial charge is 0.397 e. The maximum Gasteiger partial charge on any atom is 0.397 e. The minimum absolute atomic E-state index is 0.135. The molecule has 1 aliphatic rings. The Labute approximate surface area is 93.0 Å². The number of nitrogens with zero attached hydrogens (tertiary/aromatic N) is 1. The molecule has 1 fully saturated rings. The summed E-state index contributed by atoms with van der Waals surface area (Å²) in [4.78, 5) is 12.7. The third kappa shape index (κ3) is 4.38. The number of amides is 1. The molecule has 0 bridgehead atoms. The fraction of sp³-hybridized carbons (Fsp3) is 0.900.